The first kappa shape index (κ1) is 17.2. The maximum Gasteiger partial charge on any atom is 0.325 e. The number of esters is 1. The second kappa shape index (κ2) is 7.78. The van der Waals surface area contributed by atoms with Crippen molar-refractivity contribution in [1.82, 2.24) is 4.90 Å². The second-order valence-electron chi connectivity index (χ2n) is 4.68. The van der Waals surface area contributed by atoms with Gasteiger partial charge in [0.25, 0.3) is 5.91 Å². The highest BCUT2D eigenvalue weighted by Crippen LogP contribution is 2.23. The van der Waals surface area contributed by atoms with E-state index in [2.05, 4.69) is 5.32 Å². The van der Waals surface area contributed by atoms with Crippen molar-refractivity contribution in [3.63, 3.8) is 0 Å². The molecule has 21 heavy (non-hydrogen) atoms. The number of thiophene rings is 1. The maximum atomic E-state index is 12.4. The first-order chi connectivity index (χ1) is 9.85. The van der Waals surface area contributed by atoms with Crippen LogP contribution < -0.4 is 5.32 Å². The quantitative estimate of drug-likeness (QED) is 0.816. The molecule has 1 rings (SSSR count). The highest BCUT2D eigenvalue weighted by Gasteiger charge is 2.23. The van der Waals surface area contributed by atoms with Crippen molar-refractivity contribution in [1.29, 1.82) is 0 Å². The van der Waals surface area contributed by atoms with Crippen LogP contribution in [0, 0.1) is 0 Å². The van der Waals surface area contributed by atoms with Crippen LogP contribution in [0.3, 0.4) is 0 Å². The third kappa shape index (κ3) is 5.18. The van der Waals surface area contributed by atoms with Gasteiger partial charge in [-0.1, -0.05) is 0 Å². The summed E-state index contributed by atoms with van der Waals surface area (Å²) in [5.41, 5.74) is 0. The smallest absolute Gasteiger partial charge is 0.325 e. The molecule has 7 heteroatoms. The SMILES string of the molecule is CCOC(=O)CN(C(=O)c1ccc(NC(C)=O)s1)C(C)C. The van der Waals surface area contributed by atoms with Gasteiger partial charge in [-0.15, -0.1) is 11.3 Å². The normalized spacial score (nSPS) is 10.3. The summed E-state index contributed by atoms with van der Waals surface area (Å²) in [4.78, 5) is 36.9. The van der Waals surface area contributed by atoms with Crippen LogP contribution in [0.2, 0.25) is 0 Å². The molecular weight excluding hydrogens is 292 g/mol. The lowest BCUT2D eigenvalue weighted by molar-refractivity contribution is -0.144. The minimum absolute atomic E-state index is 0.0856. The molecule has 116 valence electrons. The number of anilines is 1. The van der Waals surface area contributed by atoms with Crippen LogP contribution in [0.4, 0.5) is 5.00 Å². The Bertz CT molecular complexity index is 525. The average Bonchev–Trinajstić information content (AvgIpc) is 2.82. The van der Waals surface area contributed by atoms with E-state index in [1.54, 1.807) is 19.1 Å². The predicted octanol–water partition coefficient (Wildman–Crippen LogP) is 2.12. The van der Waals surface area contributed by atoms with Crippen LogP contribution in [-0.2, 0) is 14.3 Å². The topological polar surface area (TPSA) is 75.7 Å². The average molecular weight is 312 g/mol. The summed E-state index contributed by atoms with van der Waals surface area (Å²) in [5, 5.41) is 3.23. The Balaban J connectivity index is 2.83. The van der Waals surface area contributed by atoms with E-state index in [9.17, 15) is 14.4 Å². The molecule has 0 aliphatic rings. The number of nitrogens with zero attached hydrogens (tertiary/aromatic N) is 1. The van der Waals surface area contributed by atoms with Gasteiger partial charge in [0.2, 0.25) is 5.91 Å². The van der Waals surface area contributed by atoms with Crippen LogP contribution in [0.5, 0.6) is 0 Å². The van der Waals surface area contributed by atoms with Gasteiger partial charge in [-0.3, -0.25) is 14.4 Å². The van der Waals surface area contributed by atoms with E-state index in [0.717, 1.165) is 0 Å². The van der Waals surface area contributed by atoms with E-state index in [1.165, 1.54) is 23.2 Å². The molecule has 1 aromatic heterocycles. The standard InChI is InChI=1S/C14H20N2O4S/c1-5-20-13(18)8-16(9(2)3)14(19)11-6-7-12(21-11)15-10(4)17/h6-7,9H,5,8H2,1-4H3,(H,15,17). The van der Waals surface area contributed by atoms with Crippen molar-refractivity contribution in [2.45, 2.75) is 33.7 Å². The zero-order chi connectivity index (χ0) is 16.0. The van der Waals surface area contributed by atoms with Crippen LogP contribution in [-0.4, -0.2) is 41.9 Å². The minimum atomic E-state index is -0.432. The third-order valence-corrected chi connectivity index (χ3v) is 3.59. The highest BCUT2D eigenvalue weighted by atomic mass is 32.1. The molecule has 0 aliphatic carbocycles. The van der Waals surface area contributed by atoms with Crippen LogP contribution in [0.1, 0.15) is 37.4 Å². The minimum Gasteiger partial charge on any atom is -0.465 e. The number of carbonyl (C=O) groups is 3. The van der Waals surface area contributed by atoms with Crippen LogP contribution in [0.15, 0.2) is 12.1 Å². The zero-order valence-electron chi connectivity index (χ0n) is 12.6. The van der Waals surface area contributed by atoms with Gasteiger partial charge in [-0.25, -0.2) is 0 Å². The molecule has 0 fully saturated rings. The van der Waals surface area contributed by atoms with Gasteiger partial charge < -0.3 is 15.0 Å². The zero-order valence-corrected chi connectivity index (χ0v) is 13.5. The van der Waals surface area contributed by atoms with E-state index in [-0.39, 0.29) is 31.0 Å². The van der Waals surface area contributed by atoms with Gasteiger partial charge in [0.15, 0.2) is 0 Å². The van der Waals surface area contributed by atoms with Crippen molar-refractivity contribution in [3.8, 4) is 0 Å². The maximum absolute atomic E-state index is 12.4. The summed E-state index contributed by atoms with van der Waals surface area (Å²) < 4.78 is 4.88. The number of amides is 2. The number of hydrogen-bond donors (Lipinski definition) is 1. The Morgan fingerprint density at radius 1 is 1.33 bits per heavy atom. The molecule has 0 saturated heterocycles. The molecule has 0 bridgehead atoms. The Hall–Kier alpha value is -1.89. The van der Waals surface area contributed by atoms with Crippen molar-refractivity contribution in [2.24, 2.45) is 0 Å². The molecule has 1 aromatic rings. The van der Waals surface area contributed by atoms with Crippen LogP contribution >= 0.6 is 11.3 Å². The van der Waals surface area contributed by atoms with Gasteiger partial charge in [-0.2, -0.15) is 0 Å². The fraction of sp³-hybridized carbons (Fsp3) is 0.500. The van der Waals surface area contributed by atoms with Gasteiger partial charge >= 0.3 is 5.97 Å². The van der Waals surface area contributed by atoms with Gasteiger partial charge in [0, 0.05) is 13.0 Å². The van der Waals surface area contributed by atoms with Crippen molar-refractivity contribution >= 4 is 34.1 Å². The molecule has 0 aromatic carbocycles. The van der Waals surface area contributed by atoms with Crippen molar-refractivity contribution < 1.29 is 19.1 Å². The number of rotatable bonds is 6. The molecule has 1 heterocycles. The molecule has 0 aliphatic heterocycles. The first-order valence-corrected chi connectivity index (χ1v) is 7.50. The summed E-state index contributed by atoms with van der Waals surface area (Å²) in [6, 6.07) is 3.18. The number of ether oxygens (including phenoxy) is 1. The Kier molecular flexibility index (Phi) is 6.36. The van der Waals surface area contributed by atoms with E-state index >= 15 is 0 Å². The van der Waals surface area contributed by atoms with Gasteiger partial charge in [-0.05, 0) is 32.9 Å². The largest absolute Gasteiger partial charge is 0.465 e. The molecule has 0 saturated carbocycles. The molecule has 2 amide bonds. The summed E-state index contributed by atoms with van der Waals surface area (Å²) in [6.45, 7) is 6.99. The second-order valence-corrected chi connectivity index (χ2v) is 5.76. The molecule has 0 atom stereocenters. The summed E-state index contributed by atoms with van der Waals surface area (Å²) in [6.07, 6.45) is 0. The Labute approximate surface area is 128 Å². The molecule has 1 N–H and O–H groups in total. The van der Waals surface area contributed by atoms with Crippen molar-refractivity contribution in [2.75, 3.05) is 18.5 Å². The van der Waals surface area contributed by atoms with Crippen LogP contribution in [0.25, 0.3) is 0 Å². The van der Waals surface area contributed by atoms with Gasteiger partial charge in [0.1, 0.15) is 6.54 Å². The summed E-state index contributed by atoms with van der Waals surface area (Å²) >= 11 is 1.18. The van der Waals surface area contributed by atoms with E-state index in [4.69, 9.17) is 4.74 Å². The van der Waals surface area contributed by atoms with Gasteiger partial charge in [0.05, 0.1) is 16.5 Å². The van der Waals surface area contributed by atoms with E-state index in [1.807, 2.05) is 13.8 Å². The summed E-state index contributed by atoms with van der Waals surface area (Å²) in [7, 11) is 0. The number of carbonyl (C=O) groups excluding carboxylic acids is 3. The Morgan fingerprint density at radius 2 is 2.00 bits per heavy atom. The van der Waals surface area contributed by atoms with E-state index < -0.39 is 5.97 Å². The molecule has 0 radical (unpaired) electrons. The monoisotopic (exact) mass is 312 g/mol. The molecule has 0 spiro atoms. The third-order valence-electron chi connectivity index (χ3n) is 2.60. The molecule has 0 unspecified atom stereocenters. The predicted molar refractivity (Wildman–Crippen MR) is 81.4 cm³/mol. The van der Waals surface area contributed by atoms with E-state index in [0.29, 0.717) is 9.88 Å². The summed E-state index contributed by atoms with van der Waals surface area (Å²) in [5.74, 6) is -0.874. The molecule has 6 nitrogen and oxygen atoms in total. The highest BCUT2D eigenvalue weighted by molar-refractivity contribution is 7.18. The number of hydrogen-bond acceptors (Lipinski definition) is 5. The number of nitrogens with one attached hydrogen (secondary N) is 1. The molecular formula is C14H20N2O4S. The fourth-order valence-corrected chi connectivity index (χ4v) is 2.58. The lowest BCUT2D eigenvalue weighted by Crippen LogP contribution is -2.41. The Morgan fingerprint density at radius 3 is 2.52 bits per heavy atom. The van der Waals surface area contributed by atoms with Crippen molar-refractivity contribution in [3.05, 3.63) is 17.0 Å². The fourth-order valence-electron chi connectivity index (χ4n) is 1.67. The lowest BCUT2D eigenvalue weighted by atomic mass is 10.3. The first-order valence-electron chi connectivity index (χ1n) is 6.69. The lowest BCUT2D eigenvalue weighted by Gasteiger charge is -2.25.